The largest absolute Gasteiger partial charge is 0.310 e. The maximum absolute atomic E-state index is 7.62. The molecule has 0 aromatic rings. The van der Waals surface area contributed by atoms with Crippen LogP contribution in [0, 0.1) is 22.7 Å². The average Bonchev–Trinajstić information content (AvgIpc) is 2.29. The Kier molecular flexibility index (Phi) is 4.73. The van der Waals surface area contributed by atoms with E-state index in [1.807, 2.05) is 6.92 Å². The normalized spacial score (nSPS) is 30.0. The van der Waals surface area contributed by atoms with E-state index < -0.39 is 0 Å². The Hall–Kier alpha value is -0.850. The highest BCUT2D eigenvalue weighted by Gasteiger charge is 2.27. The van der Waals surface area contributed by atoms with Gasteiger partial charge in [0.15, 0.2) is 0 Å². The van der Waals surface area contributed by atoms with Gasteiger partial charge in [-0.1, -0.05) is 45.1 Å². The van der Waals surface area contributed by atoms with Crippen LogP contribution in [0.1, 0.15) is 53.4 Å². The molecule has 0 saturated carbocycles. The van der Waals surface area contributed by atoms with E-state index in [2.05, 4.69) is 39.5 Å². The van der Waals surface area contributed by atoms with Crippen LogP contribution in [-0.4, -0.2) is 5.71 Å². The summed E-state index contributed by atoms with van der Waals surface area (Å²) in [4.78, 5) is 0. The van der Waals surface area contributed by atoms with Crippen LogP contribution in [0.4, 0.5) is 0 Å². The van der Waals surface area contributed by atoms with Gasteiger partial charge in [0.2, 0.25) is 0 Å². The smallest absolute Gasteiger partial charge is 0.00864 e. The van der Waals surface area contributed by atoms with Crippen molar-refractivity contribution in [3.05, 3.63) is 24.3 Å². The van der Waals surface area contributed by atoms with Crippen LogP contribution in [-0.2, 0) is 0 Å². The first-order valence-electron chi connectivity index (χ1n) is 6.78. The molecule has 0 bridgehead atoms. The van der Waals surface area contributed by atoms with Crippen molar-refractivity contribution in [1.29, 1.82) is 5.41 Å². The maximum Gasteiger partial charge on any atom is 0.00864 e. The minimum absolute atomic E-state index is 0.197. The van der Waals surface area contributed by atoms with E-state index in [0.717, 1.165) is 24.5 Å². The molecule has 1 N–H and O–H groups in total. The van der Waals surface area contributed by atoms with Gasteiger partial charge in [-0.2, -0.15) is 0 Å². The van der Waals surface area contributed by atoms with Crippen LogP contribution in [0.15, 0.2) is 24.3 Å². The van der Waals surface area contributed by atoms with Crippen LogP contribution >= 0.6 is 0 Å². The minimum Gasteiger partial charge on any atom is -0.310 e. The van der Waals surface area contributed by atoms with Crippen LogP contribution in [0.5, 0.6) is 0 Å². The standard InChI is InChI=1S/C16H27N/c1-12-8-10-16(5,11-9-12)14(3)7-6-13(2)15(4)17/h8,10,12-13,17H,3,6-7,9,11H2,1-2,4-5H3. The lowest BCUT2D eigenvalue weighted by molar-refractivity contribution is 0.379. The Balaban J connectivity index is 2.53. The van der Waals surface area contributed by atoms with Gasteiger partial charge in [-0.3, -0.25) is 0 Å². The van der Waals surface area contributed by atoms with Gasteiger partial charge in [0.05, 0.1) is 0 Å². The van der Waals surface area contributed by atoms with E-state index in [1.165, 1.54) is 18.4 Å². The van der Waals surface area contributed by atoms with Gasteiger partial charge in [-0.15, -0.1) is 0 Å². The second-order valence-corrected chi connectivity index (χ2v) is 6.02. The molecule has 0 aliphatic heterocycles. The summed E-state index contributed by atoms with van der Waals surface area (Å²) in [6.45, 7) is 12.9. The molecule has 17 heavy (non-hydrogen) atoms. The lowest BCUT2D eigenvalue weighted by Gasteiger charge is -2.33. The minimum atomic E-state index is 0.197. The fourth-order valence-electron chi connectivity index (χ4n) is 2.27. The molecule has 0 amide bonds. The molecular formula is C16H27N. The molecule has 1 heteroatoms. The molecule has 1 nitrogen and oxygen atoms in total. The van der Waals surface area contributed by atoms with E-state index in [9.17, 15) is 0 Å². The molecule has 0 radical (unpaired) electrons. The molecule has 3 atom stereocenters. The van der Waals surface area contributed by atoms with E-state index in [4.69, 9.17) is 5.41 Å². The lowest BCUT2D eigenvalue weighted by Crippen LogP contribution is -2.21. The van der Waals surface area contributed by atoms with E-state index in [-0.39, 0.29) is 5.41 Å². The van der Waals surface area contributed by atoms with Gasteiger partial charge in [0, 0.05) is 11.1 Å². The van der Waals surface area contributed by atoms with Crippen molar-refractivity contribution in [3.8, 4) is 0 Å². The molecule has 0 saturated heterocycles. The van der Waals surface area contributed by atoms with Crippen molar-refractivity contribution in [3.63, 3.8) is 0 Å². The number of rotatable bonds is 5. The Labute approximate surface area is 107 Å². The van der Waals surface area contributed by atoms with Gasteiger partial charge in [0.1, 0.15) is 0 Å². The highest BCUT2D eigenvalue weighted by Crippen LogP contribution is 2.40. The van der Waals surface area contributed by atoms with Crippen molar-refractivity contribution in [1.82, 2.24) is 0 Å². The molecule has 0 fully saturated rings. The molecule has 96 valence electrons. The molecule has 1 aliphatic rings. The fraction of sp³-hybridized carbons (Fsp3) is 0.688. The summed E-state index contributed by atoms with van der Waals surface area (Å²) in [5.41, 5.74) is 2.33. The summed E-state index contributed by atoms with van der Waals surface area (Å²) in [7, 11) is 0. The number of hydrogen-bond acceptors (Lipinski definition) is 1. The van der Waals surface area contributed by atoms with Gasteiger partial charge >= 0.3 is 0 Å². The van der Waals surface area contributed by atoms with E-state index >= 15 is 0 Å². The van der Waals surface area contributed by atoms with Crippen LogP contribution in [0.25, 0.3) is 0 Å². The third kappa shape index (κ3) is 3.83. The molecule has 1 aliphatic carbocycles. The molecule has 0 heterocycles. The molecule has 3 unspecified atom stereocenters. The van der Waals surface area contributed by atoms with Crippen molar-refractivity contribution < 1.29 is 0 Å². The van der Waals surface area contributed by atoms with E-state index in [0.29, 0.717) is 5.92 Å². The van der Waals surface area contributed by atoms with Gasteiger partial charge in [0.25, 0.3) is 0 Å². The Bertz CT molecular complexity index is 326. The first-order chi connectivity index (χ1) is 7.85. The highest BCUT2D eigenvalue weighted by molar-refractivity contribution is 5.80. The first-order valence-corrected chi connectivity index (χ1v) is 6.78. The zero-order chi connectivity index (χ0) is 13.1. The van der Waals surface area contributed by atoms with Gasteiger partial charge in [-0.05, 0) is 44.4 Å². The lowest BCUT2D eigenvalue weighted by atomic mass is 9.71. The third-order valence-electron chi connectivity index (χ3n) is 4.34. The monoisotopic (exact) mass is 233 g/mol. The van der Waals surface area contributed by atoms with Crippen LogP contribution < -0.4 is 0 Å². The summed E-state index contributed by atoms with van der Waals surface area (Å²) < 4.78 is 0. The quantitative estimate of drug-likeness (QED) is 0.511. The molecule has 0 aromatic heterocycles. The number of nitrogens with one attached hydrogen (secondary N) is 1. The first kappa shape index (κ1) is 14.2. The number of allylic oxidation sites excluding steroid dienone is 3. The SMILES string of the molecule is C=C(CCC(C)C(C)=N)C1(C)C=CC(C)CC1. The van der Waals surface area contributed by atoms with Gasteiger partial charge in [-0.25, -0.2) is 0 Å². The molecule has 1 rings (SSSR count). The second-order valence-electron chi connectivity index (χ2n) is 6.02. The van der Waals surface area contributed by atoms with Crippen LogP contribution in [0.3, 0.4) is 0 Å². The molecular weight excluding hydrogens is 206 g/mol. The Morgan fingerprint density at radius 3 is 2.71 bits per heavy atom. The van der Waals surface area contributed by atoms with Crippen LogP contribution in [0.2, 0.25) is 0 Å². The predicted molar refractivity (Wildman–Crippen MR) is 76.6 cm³/mol. The predicted octanol–water partition coefficient (Wildman–Crippen LogP) is 4.99. The van der Waals surface area contributed by atoms with Crippen molar-refractivity contribution in [2.45, 2.75) is 53.4 Å². The second kappa shape index (κ2) is 5.66. The summed E-state index contributed by atoms with van der Waals surface area (Å²) in [5, 5.41) is 7.62. The molecule has 0 aromatic carbocycles. The summed E-state index contributed by atoms with van der Waals surface area (Å²) >= 11 is 0. The highest BCUT2D eigenvalue weighted by atomic mass is 14.4. The fourth-order valence-corrected chi connectivity index (χ4v) is 2.27. The topological polar surface area (TPSA) is 23.9 Å². The zero-order valence-electron chi connectivity index (χ0n) is 11.8. The Morgan fingerprint density at radius 2 is 2.24 bits per heavy atom. The molecule has 0 spiro atoms. The summed E-state index contributed by atoms with van der Waals surface area (Å²) in [5.74, 6) is 1.11. The van der Waals surface area contributed by atoms with Crippen molar-refractivity contribution >= 4 is 5.71 Å². The van der Waals surface area contributed by atoms with Crippen molar-refractivity contribution in [2.24, 2.45) is 17.3 Å². The Morgan fingerprint density at radius 1 is 1.59 bits per heavy atom. The van der Waals surface area contributed by atoms with E-state index in [1.54, 1.807) is 0 Å². The number of hydrogen-bond donors (Lipinski definition) is 1. The third-order valence-corrected chi connectivity index (χ3v) is 4.34. The summed E-state index contributed by atoms with van der Waals surface area (Å²) in [6.07, 6.45) is 9.29. The van der Waals surface area contributed by atoms with Gasteiger partial charge < -0.3 is 5.41 Å². The zero-order valence-corrected chi connectivity index (χ0v) is 11.8. The summed E-state index contributed by atoms with van der Waals surface area (Å²) in [6, 6.07) is 0. The maximum atomic E-state index is 7.62. The van der Waals surface area contributed by atoms with Crippen molar-refractivity contribution in [2.75, 3.05) is 0 Å². The average molecular weight is 233 g/mol.